The number of hydrogen-bond donors (Lipinski definition) is 1. The van der Waals surface area contributed by atoms with E-state index in [4.69, 9.17) is 21.1 Å². The Kier molecular flexibility index (Phi) is 5.70. The maximum absolute atomic E-state index is 12.6. The van der Waals surface area contributed by atoms with E-state index in [0.29, 0.717) is 35.6 Å². The zero-order valence-corrected chi connectivity index (χ0v) is 14.2. The Bertz CT molecular complexity index is 531. The summed E-state index contributed by atoms with van der Waals surface area (Å²) >= 11 is 6.19. The number of amides is 1. The van der Waals surface area contributed by atoms with Crippen molar-refractivity contribution in [1.82, 2.24) is 0 Å². The molecule has 122 valence electrons. The van der Waals surface area contributed by atoms with Crippen molar-refractivity contribution in [2.75, 3.05) is 18.5 Å². The summed E-state index contributed by atoms with van der Waals surface area (Å²) in [6.45, 7) is 6.95. The van der Waals surface area contributed by atoms with Crippen molar-refractivity contribution in [2.45, 2.75) is 45.6 Å². The van der Waals surface area contributed by atoms with Crippen LogP contribution < -0.4 is 10.1 Å². The highest BCUT2D eigenvalue weighted by molar-refractivity contribution is 6.32. The van der Waals surface area contributed by atoms with Crippen LogP contribution in [0.15, 0.2) is 18.2 Å². The normalized spacial score (nSPS) is 16.9. The summed E-state index contributed by atoms with van der Waals surface area (Å²) in [7, 11) is 0. The molecule has 0 bridgehead atoms. The molecule has 0 heterocycles. The summed E-state index contributed by atoms with van der Waals surface area (Å²) in [6, 6.07) is 5.29. The zero-order valence-electron chi connectivity index (χ0n) is 13.4. The lowest BCUT2D eigenvalue weighted by Crippen LogP contribution is -2.44. The quantitative estimate of drug-likeness (QED) is 0.776. The van der Waals surface area contributed by atoms with Gasteiger partial charge in [0.1, 0.15) is 11.4 Å². The first kappa shape index (κ1) is 17.1. The maximum Gasteiger partial charge on any atom is 0.256 e. The SMILES string of the molecule is CCCOc1ccc(NC(=O)[C@@](C)(OCC)C2CC2)cc1Cl. The monoisotopic (exact) mass is 325 g/mol. The van der Waals surface area contributed by atoms with Gasteiger partial charge in [0.15, 0.2) is 0 Å². The van der Waals surface area contributed by atoms with Gasteiger partial charge in [0.05, 0.1) is 11.6 Å². The number of rotatable bonds is 8. The van der Waals surface area contributed by atoms with Crippen LogP contribution in [0.25, 0.3) is 0 Å². The molecule has 1 atom stereocenters. The Balaban J connectivity index is 2.06. The van der Waals surface area contributed by atoms with Crippen LogP contribution in [0.5, 0.6) is 5.75 Å². The van der Waals surface area contributed by atoms with Gasteiger partial charge in [0, 0.05) is 12.3 Å². The third-order valence-corrected chi connectivity index (χ3v) is 4.20. The van der Waals surface area contributed by atoms with Crippen LogP contribution in [-0.2, 0) is 9.53 Å². The number of nitrogens with one attached hydrogen (secondary N) is 1. The highest BCUT2D eigenvalue weighted by Crippen LogP contribution is 2.42. The lowest BCUT2D eigenvalue weighted by Gasteiger charge is -2.28. The molecule has 1 saturated carbocycles. The summed E-state index contributed by atoms with van der Waals surface area (Å²) in [5, 5.41) is 3.40. The second-order valence-corrected chi connectivity index (χ2v) is 6.17. The predicted molar refractivity (Wildman–Crippen MR) is 88.6 cm³/mol. The molecule has 5 heteroatoms. The van der Waals surface area contributed by atoms with Crippen LogP contribution >= 0.6 is 11.6 Å². The molecule has 1 N–H and O–H groups in total. The van der Waals surface area contributed by atoms with Gasteiger partial charge in [-0.25, -0.2) is 0 Å². The third kappa shape index (κ3) is 3.93. The molecule has 22 heavy (non-hydrogen) atoms. The maximum atomic E-state index is 12.6. The Morgan fingerprint density at radius 2 is 2.14 bits per heavy atom. The minimum atomic E-state index is -0.765. The fraction of sp³-hybridized carbons (Fsp3) is 0.588. The van der Waals surface area contributed by atoms with Crippen molar-refractivity contribution in [2.24, 2.45) is 5.92 Å². The standard InChI is InChI=1S/C17H24ClNO3/c1-4-10-21-15-9-8-13(11-14(15)18)19-16(20)17(3,22-5-2)12-6-7-12/h8-9,11-12H,4-7,10H2,1-3H3,(H,19,20)/t17-/m0/s1. The highest BCUT2D eigenvalue weighted by atomic mass is 35.5. The van der Waals surface area contributed by atoms with Crippen molar-refractivity contribution in [1.29, 1.82) is 0 Å². The number of anilines is 1. The van der Waals surface area contributed by atoms with Crippen molar-refractivity contribution in [3.05, 3.63) is 23.2 Å². The van der Waals surface area contributed by atoms with Crippen LogP contribution in [-0.4, -0.2) is 24.7 Å². The lowest BCUT2D eigenvalue weighted by atomic mass is 9.99. The Hall–Kier alpha value is -1.26. The number of carbonyl (C=O) groups excluding carboxylic acids is 1. The minimum Gasteiger partial charge on any atom is -0.492 e. The number of carbonyl (C=O) groups is 1. The zero-order chi connectivity index (χ0) is 16.2. The van der Waals surface area contributed by atoms with E-state index in [1.165, 1.54) is 0 Å². The first-order chi connectivity index (χ1) is 10.5. The van der Waals surface area contributed by atoms with Gasteiger partial charge in [-0.2, -0.15) is 0 Å². The molecule has 0 aromatic heterocycles. The molecular weight excluding hydrogens is 302 g/mol. The molecule has 0 saturated heterocycles. The van der Waals surface area contributed by atoms with Gasteiger partial charge in [-0.05, 0) is 57.2 Å². The summed E-state index contributed by atoms with van der Waals surface area (Å²) in [5.41, 5.74) is -0.107. The summed E-state index contributed by atoms with van der Waals surface area (Å²) in [5.74, 6) is 0.821. The molecule has 2 rings (SSSR count). The molecule has 1 aliphatic carbocycles. The molecule has 0 radical (unpaired) electrons. The third-order valence-electron chi connectivity index (χ3n) is 3.90. The van der Waals surface area contributed by atoms with Crippen molar-refractivity contribution in [3.63, 3.8) is 0 Å². The van der Waals surface area contributed by atoms with Crippen molar-refractivity contribution < 1.29 is 14.3 Å². The van der Waals surface area contributed by atoms with E-state index in [2.05, 4.69) is 5.32 Å². The van der Waals surface area contributed by atoms with Crippen LogP contribution in [0.1, 0.15) is 40.0 Å². The first-order valence-corrected chi connectivity index (χ1v) is 8.26. The van der Waals surface area contributed by atoms with Gasteiger partial charge >= 0.3 is 0 Å². The number of ether oxygens (including phenoxy) is 2. The van der Waals surface area contributed by atoms with Crippen LogP contribution in [0.3, 0.4) is 0 Å². The molecular formula is C17H24ClNO3. The second kappa shape index (κ2) is 7.34. The van der Waals surface area contributed by atoms with E-state index in [9.17, 15) is 4.79 Å². The minimum absolute atomic E-state index is 0.116. The van der Waals surface area contributed by atoms with E-state index in [1.54, 1.807) is 18.2 Å². The molecule has 1 fully saturated rings. The number of hydrogen-bond acceptors (Lipinski definition) is 3. The van der Waals surface area contributed by atoms with Crippen LogP contribution in [0.2, 0.25) is 5.02 Å². The number of benzene rings is 1. The van der Waals surface area contributed by atoms with Gasteiger partial charge < -0.3 is 14.8 Å². The smallest absolute Gasteiger partial charge is 0.256 e. The largest absolute Gasteiger partial charge is 0.492 e. The van der Waals surface area contributed by atoms with Crippen LogP contribution in [0.4, 0.5) is 5.69 Å². The molecule has 1 aliphatic rings. The van der Waals surface area contributed by atoms with Gasteiger partial charge in [-0.3, -0.25) is 4.79 Å². The lowest BCUT2D eigenvalue weighted by molar-refractivity contribution is -0.141. The molecule has 1 aromatic carbocycles. The molecule has 4 nitrogen and oxygen atoms in total. The first-order valence-electron chi connectivity index (χ1n) is 7.89. The van der Waals surface area contributed by atoms with Crippen molar-refractivity contribution >= 4 is 23.2 Å². The van der Waals surface area contributed by atoms with E-state index in [0.717, 1.165) is 19.3 Å². The Morgan fingerprint density at radius 1 is 1.41 bits per heavy atom. The van der Waals surface area contributed by atoms with Gasteiger partial charge in [0.2, 0.25) is 0 Å². The fourth-order valence-electron chi connectivity index (χ4n) is 2.47. The molecule has 0 aliphatic heterocycles. The van der Waals surface area contributed by atoms with E-state index < -0.39 is 5.60 Å². The van der Waals surface area contributed by atoms with Gasteiger partial charge in [-0.1, -0.05) is 18.5 Å². The van der Waals surface area contributed by atoms with Gasteiger partial charge in [0.25, 0.3) is 5.91 Å². The van der Waals surface area contributed by atoms with Crippen molar-refractivity contribution in [3.8, 4) is 5.75 Å². The average Bonchev–Trinajstić information content (AvgIpc) is 3.31. The van der Waals surface area contributed by atoms with E-state index in [1.807, 2.05) is 20.8 Å². The molecule has 0 unspecified atom stereocenters. The fourth-order valence-corrected chi connectivity index (χ4v) is 2.70. The van der Waals surface area contributed by atoms with E-state index >= 15 is 0 Å². The highest BCUT2D eigenvalue weighted by Gasteiger charge is 2.48. The Morgan fingerprint density at radius 3 is 2.68 bits per heavy atom. The molecule has 1 amide bonds. The Labute approximate surface area is 137 Å². The topological polar surface area (TPSA) is 47.6 Å². The van der Waals surface area contributed by atoms with Gasteiger partial charge in [-0.15, -0.1) is 0 Å². The summed E-state index contributed by atoms with van der Waals surface area (Å²) in [6.07, 6.45) is 2.99. The average molecular weight is 326 g/mol. The molecule has 1 aromatic rings. The predicted octanol–water partition coefficient (Wildman–Crippen LogP) is 4.27. The summed E-state index contributed by atoms with van der Waals surface area (Å²) in [4.78, 5) is 12.6. The molecule has 0 spiro atoms. The van der Waals surface area contributed by atoms with E-state index in [-0.39, 0.29) is 5.91 Å². The van der Waals surface area contributed by atoms with Crippen LogP contribution in [0, 0.1) is 5.92 Å². The summed E-state index contributed by atoms with van der Waals surface area (Å²) < 4.78 is 11.3. The second-order valence-electron chi connectivity index (χ2n) is 5.76. The number of halogens is 1.